The molecule has 0 aliphatic carbocycles. The average Bonchev–Trinajstić information content (AvgIpc) is 4.08. The minimum Gasteiger partial charge on any atom is -0.657 e. The zero-order valence-corrected chi connectivity index (χ0v) is 50.6. The summed E-state index contributed by atoms with van der Waals surface area (Å²) in [6, 6.07) is 13.1. The van der Waals surface area contributed by atoms with Gasteiger partial charge in [-0.3, -0.25) is 0 Å². The fraction of sp³-hybridized carbons (Fsp3) is 0.515. The quantitative estimate of drug-likeness (QED) is 0.0506. The summed E-state index contributed by atoms with van der Waals surface area (Å²) in [5.74, 6) is 2.97. The number of aromatic nitrogens is 4. The number of nitrogens with zero attached hydrogens (tertiary/aromatic N) is 4. The smallest absolute Gasteiger partial charge is 0.657 e. The molecular weight excluding hydrogens is 1110 g/mol. The van der Waals surface area contributed by atoms with Crippen LogP contribution in [0.15, 0.2) is 36.4 Å². The van der Waals surface area contributed by atoms with Crippen LogP contribution >= 0.6 is 0 Å². The molecule has 0 saturated heterocycles. The van der Waals surface area contributed by atoms with Gasteiger partial charge >= 0.3 is 21.1 Å². The Labute approximate surface area is 465 Å². The van der Waals surface area contributed by atoms with Crippen molar-refractivity contribution in [3.05, 3.63) is 92.6 Å². The van der Waals surface area contributed by atoms with E-state index in [4.69, 9.17) is 38.9 Å². The molecule has 0 spiro atoms. The van der Waals surface area contributed by atoms with Crippen molar-refractivity contribution in [3.8, 4) is 45.3 Å². The number of hydrogen-bond acceptors (Lipinski definition) is 6. The molecule has 9 heteroatoms. The second kappa shape index (κ2) is 27.8. The molecule has 5 aromatic rings. The molecule has 0 fully saturated rings. The second-order valence-electron chi connectivity index (χ2n) is 21.2. The maximum Gasteiger partial charge on any atom is 2.00 e. The molecule has 0 amide bonds. The van der Waals surface area contributed by atoms with Crippen LogP contribution in [0.1, 0.15) is 213 Å². The Balaban J connectivity index is 0.00000914. The van der Waals surface area contributed by atoms with Crippen LogP contribution in [-0.4, -0.2) is 38.4 Å². The van der Waals surface area contributed by atoms with E-state index in [0.717, 1.165) is 201 Å². The van der Waals surface area contributed by atoms with Gasteiger partial charge in [-0.25, -0.2) is 9.97 Å². The third kappa shape index (κ3) is 12.9. The van der Waals surface area contributed by atoms with Crippen molar-refractivity contribution >= 4 is 44.4 Å². The summed E-state index contributed by atoms with van der Waals surface area (Å²) in [4.78, 5) is 23.4. The van der Waals surface area contributed by atoms with Crippen molar-refractivity contribution in [2.24, 2.45) is 0 Å². The number of fused-ring (bicyclic) bond motifs is 8. The number of aryl methyl sites for hydroxylation is 6. The van der Waals surface area contributed by atoms with Gasteiger partial charge in [-0.2, -0.15) is 0 Å². The van der Waals surface area contributed by atoms with Gasteiger partial charge in [-0.15, -0.1) is 22.1 Å². The molecule has 7 rings (SSSR count). The van der Waals surface area contributed by atoms with Gasteiger partial charge in [0.15, 0.2) is 0 Å². The number of hydrogen-bond donors (Lipinski definition) is 0. The van der Waals surface area contributed by atoms with Crippen LogP contribution in [0.5, 0.6) is 23.0 Å². The van der Waals surface area contributed by atoms with Crippen molar-refractivity contribution in [2.45, 2.75) is 198 Å². The van der Waals surface area contributed by atoms with Crippen molar-refractivity contribution in [3.63, 3.8) is 0 Å². The van der Waals surface area contributed by atoms with Gasteiger partial charge < -0.3 is 28.9 Å². The van der Waals surface area contributed by atoms with E-state index in [9.17, 15) is 0 Å². The number of allylic oxidation sites excluding steroid dienone is 4. The fourth-order valence-corrected chi connectivity index (χ4v) is 11.6. The largest absolute Gasteiger partial charge is 2.00 e. The number of unbranched alkanes of at least 4 members (excludes halogenated alkanes) is 12. The van der Waals surface area contributed by atoms with E-state index < -0.39 is 0 Å². The van der Waals surface area contributed by atoms with Crippen molar-refractivity contribution in [1.29, 1.82) is 0 Å². The molecule has 0 radical (unpaired) electrons. The van der Waals surface area contributed by atoms with Crippen LogP contribution in [0.25, 0.3) is 66.6 Å². The van der Waals surface area contributed by atoms with Crippen molar-refractivity contribution in [2.75, 3.05) is 28.4 Å². The van der Waals surface area contributed by atoms with Crippen molar-refractivity contribution in [1.82, 2.24) is 19.9 Å². The Morgan fingerprint density at radius 1 is 0.387 bits per heavy atom. The molecule has 2 aromatic carbocycles. The minimum absolute atomic E-state index is 0. The molecule has 406 valence electrons. The van der Waals surface area contributed by atoms with Gasteiger partial charge in [-0.05, 0) is 156 Å². The maximum atomic E-state index is 6.36. The molecule has 2 aliphatic rings. The monoisotopic (exact) mass is 1200 g/mol. The van der Waals surface area contributed by atoms with Crippen LogP contribution < -0.4 is 28.9 Å². The molecule has 8 nitrogen and oxygen atoms in total. The summed E-state index contributed by atoms with van der Waals surface area (Å²) in [5.41, 5.74) is 22.9. The molecule has 0 saturated carbocycles. The first kappa shape index (κ1) is 59.2. The molecular formula is C66H88N4O4Pt. The van der Waals surface area contributed by atoms with Gasteiger partial charge in [0, 0.05) is 5.56 Å². The van der Waals surface area contributed by atoms with Gasteiger partial charge in [-0.1, -0.05) is 139 Å². The molecule has 0 atom stereocenters. The Morgan fingerprint density at radius 2 is 0.707 bits per heavy atom. The van der Waals surface area contributed by atoms with Crippen LogP contribution in [0, 0.1) is 27.7 Å². The average molecular weight is 1200 g/mol. The summed E-state index contributed by atoms with van der Waals surface area (Å²) in [5, 5.41) is 0. The van der Waals surface area contributed by atoms with Crippen LogP contribution in [0.4, 0.5) is 0 Å². The number of benzene rings is 2. The topological polar surface area (TPSA) is 90.9 Å². The number of rotatable bonds is 26. The summed E-state index contributed by atoms with van der Waals surface area (Å²) < 4.78 is 25.4. The van der Waals surface area contributed by atoms with Gasteiger partial charge in [0.1, 0.15) is 23.0 Å². The Hall–Kier alpha value is -5.07. The van der Waals surface area contributed by atoms with Crippen LogP contribution in [-0.2, 0) is 33.9 Å². The summed E-state index contributed by atoms with van der Waals surface area (Å²) in [7, 11) is 7.06. The first-order valence-corrected chi connectivity index (χ1v) is 28.4. The van der Waals surface area contributed by atoms with E-state index in [-0.39, 0.29) is 21.1 Å². The predicted molar refractivity (Wildman–Crippen MR) is 313 cm³/mol. The summed E-state index contributed by atoms with van der Waals surface area (Å²) in [6.45, 7) is 22.4. The third-order valence-corrected chi connectivity index (χ3v) is 15.8. The second-order valence-corrected chi connectivity index (χ2v) is 21.2. The molecule has 0 unspecified atom stereocenters. The molecule has 0 N–H and O–H groups in total. The summed E-state index contributed by atoms with van der Waals surface area (Å²) in [6.07, 6.45) is 22.0. The van der Waals surface area contributed by atoms with Crippen molar-refractivity contribution < 1.29 is 40.0 Å². The normalized spacial score (nSPS) is 12.5. The molecule has 75 heavy (non-hydrogen) atoms. The predicted octanol–water partition coefficient (Wildman–Crippen LogP) is 18.2. The van der Waals surface area contributed by atoms with E-state index in [1.54, 1.807) is 28.4 Å². The van der Waals surface area contributed by atoms with Crippen LogP contribution in [0.2, 0.25) is 0 Å². The van der Waals surface area contributed by atoms with Gasteiger partial charge in [0.25, 0.3) is 0 Å². The first-order chi connectivity index (χ1) is 35.9. The minimum atomic E-state index is 0. The zero-order chi connectivity index (χ0) is 53.1. The van der Waals surface area contributed by atoms with Gasteiger partial charge in [0.2, 0.25) is 0 Å². The molecule has 5 heterocycles. The zero-order valence-electron chi connectivity index (χ0n) is 48.3. The SMILES string of the molecule is CCCCCCC1=C(C)c2nc1cc1[n-]c(c(C)c1CCCCCC)c(-c1c(OC)cc(C)cc1OC)c1[n-]c(cc3nc(c2-c2c(OC)cc(C)cc2OC)C(C)=C3CCCCCC)c(CCCCCC)c1C.[Pt+2]. The Bertz CT molecular complexity index is 2840. The maximum absolute atomic E-state index is 6.36. The van der Waals surface area contributed by atoms with E-state index >= 15 is 0 Å². The fourth-order valence-electron chi connectivity index (χ4n) is 11.6. The third-order valence-electron chi connectivity index (χ3n) is 15.8. The van der Waals surface area contributed by atoms with E-state index in [1.165, 1.54) is 73.6 Å². The first-order valence-electron chi connectivity index (χ1n) is 28.4. The Kier molecular flexibility index (Phi) is 21.9. The Morgan fingerprint density at radius 3 is 1.03 bits per heavy atom. The summed E-state index contributed by atoms with van der Waals surface area (Å²) >= 11 is 0. The van der Waals surface area contributed by atoms with E-state index in [2.05, 4.69) is 106 Å². The van der Waals surface area contributed by atoms with Crippen LogP contribution in [0.3, 0.4) is 0 Å². The molecule has 2 aliphatic heterocycles. The van der Waals surface area contributed by atoms with E-state index in [1.807, 2.05) is 0 Å². The number of methoxy groups -OCH3 is 4. The standard InChI is InChI=1S/C66H88N4O4.Pt/c1-15-19-23-27-31-47-43(7)63-61(59-55(71-11)35-41(5)36-56(59)72-12)64-45(9)49(33-29-25-21-17-3)53(69-64)40-54-50(34-30-26-22-18-4)46(10)66(70-54)62(60-57(73-13)37-42(6)38-58(60)74-14)65-44(8)48(32-28-24-20-16-2)52(68-65)39-51(47)67-63;/h35-40H,15-34H2,1-14H3;/q-2;+2. The molecule has 3 aromatic heterocycles. The molecule has 8 bridgehead atoms. The van der Waals surface area contributed by atoms with Gasteiger partial charge in [0.05, 0.1) is 62.3 Å². The number of ether oxygens (including phenoxy) is 4. The van der Waals surface area contributed by atoms with E-state index in [0.29, 0.717) is 0 Å².